The van der Waals surface area contributed by atoms with E-state index in [0.29, 0.717) is 34.1 Å². The number of hydrogen-bond acceptors (Lipinski definition) is 5. The van der Waals surface area contributed by atoms with Crippen LogP contribution < -0.4 is 9.47 Å². The Labute approximate surface area is 176 Å². The number of rotatable bonds is 7. The molecule has 0 bridgehead atoms. The summed E-state index contributed by atoms with van der Waals surface area (Å²) in [6, 6.07) is 9.54. The summed E-state index contributed by atoms with van der Waals surface area (Å²) in [4.78, 5) is 11.9. The molecule has 0 aliphatic carbocycles. The highest BCUT2D eigenvalue weighted by Crippen LogP contribution is 2.30. The summed E-state index contributed by atoms with van der Waals surface area (Å²) in [6.07, 6.45) is -4.90. The molecule has 10 heteroatoms. The standard InChI is InChI=1S/C21H20F3N3O4/c1-12-10-17(8-9-18(12)30-11-19(28)29)31-14(3)20-13(2)25-27(26-20)16-6-4-15(5-7-16)21(22,23)24/h4-10,14H,11H2,1-3H3,(H,28,29). The molecule has 1 N–H and O–H groups in total. The van der Waals surface area contributed by atoms with Crippen molar-refractivity contribution in [3.05, 3.63) is 65.0 Å². The Balaban J connectivity index is 1.74. The molecular weight excluding hydrogens is 415 g/mol. The van der Waals surface area contributed by atoms with Gasteiger partial charge in [0, 0.05) is 0 Å². The molecule has 2 aromatic carbocycles. The summed E-state index contributed by atoms with van der Waals surface area (Å²) in [5.41, 5.74) is 1.46. The van der Waals surface area contributed by atoms with Crippen molar-refractivity contribution in [1.82, 2.24) is 15.0 Å². The van der Waals surface area contributed by atoms with E-state index < -0.39 is 30.4 Å². The third kappa shape index (κ3) is 5.33. The number of carboxylic acids is 1. The van der Waals surface area contributed by atoms with Gasteiger partial charge in [-0.1, -0.05) is 0 Å². The first-order valence-electron chi connectivity index (χ1n) is 9.28. The summed E-state index contributed by atoms with van der Waals surface area (Å²) in [5.74, 6) is -0.108. The van der Waals surface area contributed by atoms with Crippen molar-refractivity contribution < 1.29 is 32.5 Å². The van der Waals surface area contributed by atoms with Crippen LogP contribution >= 0.6 is 0 Å². The van der Waals surface area contributed by atoms with Gasteiger partial charge in [0.1, 0.15) is 23.3 Å². The summed E-state index contributed by atoms with van der Waals surface area (Å²) < 4.78 is 49.4. The fraction of sp³-hybridized carbons (Fsp3) is 0.286. The first kappa shape index (κ1) is 22.1. The van der Waals surface area contributed by atoms with Gasteiger partial charge in [0.25, 0.3) is 0 Å². The van der Waals surface area contributed by atoms with E-state index in [-0.39, 0.29) is 0 Å². The van der Waals surface area contributed by atoms with Crippen LogP contribution in [-0.2, 0) is 11.0 Å². The largest absolute Gasteiger partial charge is 0.484 e. The van der Waals surface area contributed by atoms with Crippen molar-refractivity contribution in [2.45, 2.75) is 33.1 Å². The van der Waals surface area contributed by atoms with E-state index >= 15 is 0 Å². The van der Waals surface area contributed by atoms with E-state index in [0.717, 1.165) is 12.1 Å². The van der Waals surface area contributed by atoms with Gasteiger partial charge in [-0.15, -0.1) is 5.10 Å². The van der Waals surface area contributed by atoms with Gasteiger partial charge in [-0.05, 0) is 68.8 Å². The van der Waals surface area contributed by atoms with Crippen LogP contribution in [0.4, 0.5) is 13.2 Å². The molecule has 0 radical (unpaired) electrons. The molecule has 1 atom stereocenters. The van der Waals surface area contributed by atoms with Gasteiger partial charge in [-0.25, -0.2) is 4.79 Å². The molecule has 0 amide bonds. The van der Waals surface area contributed by atoms with Gasteiger partial charge in [0.05, 0.1) is 16.9 Å². The summed E-state index contributed by atoms with van der Waals surface area (Å²) in [5, 5.41) is 17.4. The zero-order valence-electron chi connectivity index (χ0n) is 17.0. The third-order valence-corrected chi connectivity index (χ3v) is 4.44. The zero-order valence-corrected chi connectivity index (χ0v) is 17.0. The lowest BCUT2D eigenvalue weighted by atomic mass is 10.2. The van der Waals surface area contributed by atoms with Crippen molar-refractivity contribution in [3.8, 4) is 17.2 Å². The van der Waals surface area contributed by atoms with Gasteiger partial charge in [0.2, 0.25) is 0 Å². The van der Waals surface area contributed by atoms with E-state index in [1.165, 1.54) is 16.9 Å². The van der Waals surface area contributed by atoms with Gasteiger partial charge in [0.15, 0.2) is 6.61 Å². The third-order valence-electron chi connectivity index (χ3n) is 4.44. The molecule has 0 saturated carbocycles. The first-order valence-corrected chi connectivity index (χ1v) is 9.28. The zero-order chi connectivity index (χ0) is 22.8. The topological polar surface area (TPSA) is 86.5 Å². The summed E-state index contributed by atoms with van der Waals surface area (Å²) in [7, 11) is 0. The number of alkyl halides is 3. The lowest BCUT2D eigenvalue weighted by Crippen LogP contribution is -2.10. The number of nitrogens with zero attached hydrogens (tertiary/aromatic N) is 3. The molecule has 0 saturated heterocycles. The second-order valence-corrected chi connectivity index (χ2v) is 6.87. The van der Waals surface area contributed by atoms with Gasteiger partial charge in [-0.2, -0.15) is 23.1 Å². The quantitative estimate of drug-likeness (QED) is 0.588. The Morgan fingerprint density at radius 3 is 2.39 bits per heavy atom. The fourth-order valence-electron chi connectivity index (χ4n) is 2.92. The molecule has 3 rings (SSSR count). The smallest absolute Gasteiger partial charge is 0.416 e. The Kier molecular flexibility index (Phi) is 6.19. The number of carboxylic acid groups (broad SMARTS) is 1. The minimum Gasteiger partial charge on any atom is -0.484 e. The summed E-state index contributed by atoms with van der Waals surface area (Å²) >= 11 is 0. The maximum absolute atomic E-state index is 12.7. The van der Waals surface area contributed by atoms with Crippen molar-refractivity contribution >= 4 is 5.97 Å². The molecule has 1 aromatic heterocycles. The van der Waals surface area contributed by atoms with Crippen LogP contribution in [0, 0.1) is 13.8 Å². The average molecular weight is 435 g/mol. The Bertz CT molecular complexity index is 1080. The van der Waals surface area contributed by atoms with Crippen LogP contribution in [0.15, 0.2) is 42.5 Å². The molecule has 3 aromatic rings. The molecule has 0 spiro atoms. The lowest BCUT2D eigenvalue weighted by Gasteiger charge is -2.15. The molecule has 1 heterocycles. The van der Waals surface area contributed by atoms with E-state index in [1.54, 1.807) is 39.0 Å². The molecule has 31 heavy (non-hydrogen) atoms. The SMILES string of the molecule is Cc1cc(OC(C)c2nn(-c3ccc(C(F)(F)F)cc3)nc2C)ccc1OCC(=O)O. The van der Waals surface area contributed by atoms with Crippen LogP contribution in [0.25, 0.3) is 5.69 Å². The van der Waals surface area contributed by atoms with Gasteiger partial charge < -0.3 is 14.6 Å². The predicted octanol–water partition coefficient (Wildman–Crippen LogP) is 4.51. The van der Waals surface area contributed by atoms with Crippen LogP contribution in [0.2, 0.25) is 0 Å². The summed E-state index contributed by atoms with van der Waals surface area (Å²) in [6.45, 7) is 4.83. The van der Waals surface area contributed by atoms with Gasteiger partial charge >= 0.3 is 12.1 Å². The fourth-order valence-corrected chi connectivity index (χ4v) is 2.92. The molecular formula is C21H20F3N3O4. The average Bonchev–Trinajstić information content (AvgIpc) is 3.08. The molecule has 0 aliphatic rings. The highest BCUT2D eigenvalue weighted by molar-refractivity contribution is 5.68. The first-order chi connectivity index (χ1) is 14.5. The Hall–Kier alpha value is -3.56. The number of carbonyl (C=O) groups is 1. The number of benzene rings is 2. The van der Waals surface area contributed by atoms with Crippen molar-refractivity contribution in [2.24, 2.45) is 0 Å². The highest BCUT2D eigenvalue weighted by Gasteiger charge is 2.30. The normalized spacial score (nSPS) is 12.5. The lowest BCUT2D eigenvalue weighted by molar-refractivity contribution is -0.139. The highest BCUT2D eigenvalue weighted by atomic mass is 19.4. The minimum atomic E-state index is -4.41. The predicted molar refractivity (Wildman–Crippen MR) is 104 cm³/mol. The van der Waals surface area contributed by atoms with E-state index in [1.807, 2.05) is 0 Å². The number of ether oxygens (including phenoxy) is 2. The molecule has 1 unspecified atom stereocenters. The van der Waals surface area contributed by atoms with Crippen molar-refractivity contribution in [1.29, 1.82) is 0 Å². The maximum Gasteiger partial charge on any atom is 0.416 e. The van der Waals surface area contributed by atoms with Crippen LogP contribution in [-0.4, -0.2) is 32.7 Å². The Morgan fingerprint density at radius 2 is 1.81 bits per heavy atom. The molecule has 0 aliphatic heterocycles. The van der Waals surface area contributed by atoms with Crippen LogP contribution in [0.1, 0.15) is 35.5 Å². The van der Waals surface area contributed by atoms with E-state index in [2.05, 4.69) is 10.2 Å². The second-order valence-electron chi connectivity index (χ2n) is 6.87. The van der Waals surface area contributed by atoms with E-state index in [4.69, 9.17) is 14.6 Å². The van der Waals surface area contributed by atoms with Crippen LogP contribution in [0.3, 0.4) is 0 Å². The number of aromatic nitrogens is 3. The molecule has 164 valence electrons. The molecule has 0 fully saturated rings. The number of aryl methyl sites for hydroxylation is 2. The second kappa shape index (κ2) is 8.66. The van der Waals surface area contributed by atoms with Crippen molar-refractivity contribution in [3.63, 3.8) is 0 Å². The van der Waals surface area contributed by atoms with E-state index in [9.17, 15) is 18.0 Å². The van der Waals surface area contributed by atoms with Crippen molar-refractivity contribution in [2.75, 3.05) is 6.61 Å². The monoisotopic (exact) mass is 435 g/mol. The number of halogens is 3. The molecule has 7 nitrogen and oxygen atoms in total. The number of hydrogen-bond donors (Lipinski definition) is 1. The maximum atomic E-state index is 12.7. The minimum absolute atomic E-state index is 0.394. The Morgan fingerprint density at radius 1 is 1.13 bits per heavy atom. The van der Waals surface area contributed by atoms with Gasteiger partial charge in [-0.3, -0.25) is 0 Å². The van der Waals surface area contributed by atoms with Crippen LogP contribution in [0.5, 0.6) is 11.5 Å². The number of aliphatic carboxylic acids is 1.